The third kappa shape index (κ3) is 3.20. The third-order valence-electron chi connectivity index (χ3n) is 3.35. The first-order chi connectivity index (χ1) is 9.63. The van der Waals surface area contributed by atoms with E-state index in [1.807, 2.05) is 12.1 Å². The van der Waals surface area contributed by atoms with Crippen molar-refractivity contribution in [2.24, 2.45) is 0 Å². The average Bonchev–Trinajstić information content (AvgIpc) is 2.49. The van der Waals surface area contributed by atoms with E-state index in [9.17, 15) is 0 Å². The van der Waals surface area contributed by atoms with Crippen LogP contribution in [0.5, 0.6) is 17.5 Å². The van der Waals surface area contributed by atoms with Crippen molar-refractivity contribution in [1.29, 1.82) is 0 Å². The number of nitrogens with zero attached hydrogens (tertiary/aromatic N) is 1. The molecule has 20 heavy (non-hydrogen) atoms. The second-order valence-electron chi connectivity index (χ2n) is 4.73. The zero-order valence-electron chi connectivity index (χ0n) is 12.1. The number of rotatable bonds is 5. The Morgan fingerprint density at radius 3 is 2.45 bits per heavy atom. The van der Waals surface area contributed by atoms with Crippen LogP contribution < -0.4 is 15.2 Å². The number of benzene rings is 1. The van der Waals surface area contributed by atoms with Gasteiger partial charge in [0.15, 0.2) is 0 Å². The zero-order chi connectivity index (χ0) is 14.5. The molecule has 0 bridgehead atoms. The lowest BCUT2D eigenvalue weighted by Crippen LogP contribution is -1.97. The number of nitrogens with two attached hydrogens (primary N) is 1. The fraction of sp³-hybridized carbons (Fsp3) is 0.312. The number of hydrogen-bond donors (Lipinski definition) is 1. The number of pyridine rings is 1. The maximum atomic E-state index is 5.85. The van der Waals surface area contributed by atoms with Crippen LogP contribution in [0.2, 0.25) is 0 Å². The first kappa shape index (κ1) is 14.2. The SMILES string of the molecule is CCC(C)c1ccc(Oc2nc(OC)ccc2N)cc1. The van der Waals surface area contributed by atoms with E-state index in [1.165, 1.54) is 5.56 Å². The van der Waals surface area contributed by atoms with E-state index in [4.69, 9.17) is 15.2 Å². The molecule has 2 aromatic rings. The molecule has 0 saturated heterocycles. The molecule has 0 saturated carbocycles. The second-order valence-corrected chi connectivity index (χ2v) is 4.73. The first-order valence-electron chi connectivity index (χ1n) is 6.72. The highest BCUT2D eigenvalue weighted by Crippen LogP contribution is 2.28. The molecule has 1 atom stereocenters. The second kappa shape index (κ2) is 6.28. The highest BCUT2D eigenvalue weighted by Gasteiger charge is 2.07. The van der Waals surface area contributed by atoms with Crippen LogP contribution >= 0.6 is 0 Å². The van der Waals surface area contributed by atoms with E-state index in [2.05, 4.69) is 31.0 Å². The van der Waals surface area contributed by atoms with Crippen molar-refractivity contribution in [3.05, 3.63) is 42.0 Å². The number of methoxy groups -OCH3 is 1. The maximum Gasteiger partial charge on any atom is 0.246 e. The van der Waals surface area contributed by atoms with E-state index in [0.29, 0.717) is 29.1 Å². The molecule has 0 spiro atoms. The Balaban J connectivity index is 2.17. The maximum absolute atomic E-state index is 5.85. The van der Waals surface area contributed by atoms with Crippen molar-refractivity contribution < 1.29 is 9.47 Å². The van der Waals surface area contributed by atoms with Crippen molar-refractivity contribution in [3.8, 4) is 17.5 Å². The molecule has 0 aliphatic heterocycles. The molecular weight excluding hydrogens is 252 g/mol. The minimum Gasteiger partial charge on any atom is -0.481 e. The monoisotopic (exact) mass is 272 g/mol. The topological polar surface area (TPSA) is 57.4 Å². The summed E-state index contributed by atoms with van der Waals surface area (Å²) in [5.41, 5.74) is 7.63. The number of aromatic nitrogens is 1. The van der Waals surface area contributed by atoms with E-state index < -0.39 is 0 Å². The van der Waals surface area contributed by atoms with Crippen LogP contribution in [0.3, 0.4) is 0 Å². The fourth-order valence-corrected chi connectivity index (χ4v) is 1.84. The van der Waals surface area contributed by atoms with Crippen LogP contribution in [0.1, 0.15) is 31.7 Å². The molecule has 4 nitrogen and oxygen atoms in total. The van der Waals surface area contributed by atoms with Crippen molar-refractivity contribution in [3.63, 3.8) is 0 Å². The summed E-state index contributed by atoms with van der Waals surface area (Å²) < 4.78 is 10.8. The summed E-state index contributed by atoms with van der Waals surface area (Å²) in [6, 6.07) is 11.4. The van der Waals surface area contributed by atoms with Crippen LogP contribution in [-0.2, 0) is 0 Å². The van der Waals surface area contributed by atoms with E-state index in [-0.39, 0.29) is 0 Å². The largest absolute Gasteiger partial charge is 0.481 e. The van der Waals surface area contributed by atoms with Crippen LogP contribution in [0.15, 0.2) is 36.4 Å². The highest BCUT2D eigenvalue weighted by molar-refractivity contribution is 5.51. The molecular formula is C16H20N2O2. The molecule has 2 rings (SSSR count). The molecule has 0 radical (unpaired) electrons. The van der Waals surface area contributed by atoms with Gasteiger partial charge in [-0.15, -0.1) is 0 Å². The predicted octanol–water partition coefficient (Wildman–Crippen LogP) is 3.98. The Hall–Kier alpha value is -2.23. The molecule has 0 fully saturated rings. The quantitative estimate of drug-likeness (QED) is 0.894. The van der Waals surface area contributed by atoms with Gasteiger partial charge in [0.2, 0.25) is 11.8 Å². The zero-order valence-corrected chi connectivity index (χ0v) is 12.1. The molecule has 1 aromatic heterocycles. The summed E-state index contributed by atoms with van der Waals surface area (Å²) in [6.07, 6.45) is 1.12. The molecule has 106 valence electrons. The highest BCUT2D eigenvalue weighted by atomic mass is 16.5. The van der Waals surface area contributed by atoms with E-state index >= 15 is 0 Å². The summed E-state index contributed by atoms with van der Waals surface area (Å²) in [6.45, 7) is 4.38. The predicted molar refractivity (Wildman–Crippen MR) is 80.4 cm³/mol. The normalized spacial score (nSPS) is 11.9. The van der Waals surface area contributed by atoms with Gasteiger partial charge in [-0.1, -0.05) is 26.0 Å². The summed E-state index contributed by atoms with van der Waals surface area (Å²) in [5, 5.41) is 0. The summed E-state index contributed by atoms with van der Waals surface area (Å²) >= 11 is 0. The van der Waals surface area contributed by atoms with Crippen LogP contribution in [-0.4, -0.2) is 12.1 Å². The lowest BCUT2D eigenvalue weighted by molar-refractivity contribution is 0.384. The summed E-state index contributed by atoms with van der Waals surface area (Å²) in [4.78, 5) is 4.19. The Morgan fingerprint density at radius 1 is 1.15 bits per heavy atom. The van der Waals surface area contributed by atoms with Crippen LogP contribution in [0.4, 0.5) is 5.69 Å². The molecule has 0 amide bonds. The van der Waals surface area contributed by atoms with E-state index in [0.717, 1.165) is 6.42 Å². The van der Waals surface area contributed by atoms with Crippen LogP contribution in [0, 0.1) is 0 Å². The summed E-state index contributed by atoms with van der Waals surface area (Å²) in [7, 11) is 1.56. The number of anilines is 1. The molecule has 4 heteroatoms. The van der Waals surface area contributed by atoms with Crippen molar-refractivity contribution >= 4 is 5.69 Å². The van der Waals surface area contributed by atoms with Gasteiger partial charge in [-0.05, 0) is 36.1 Å². The summed E-state index contributed by atoms with van der Waals surface area (Å²) in [5.74, 6) is 2.10. The Morgan fingerprint density at radius 2 is 1.85 bits per heavy atom. The number of nitrogen functional groups attached to an aromatic ring is 1. The molecule has 1 aromatic carbocycles. The molecule has 0 aliphatic rings. The van der Waals surface area contributed by atoms with E-state index in [1.54, 1.807) is 19.2 Å². The third-order valence-corrected chi connectivity index (χ3v) is 3.35. The first-order valence-corrected chi connectivity index (χ1v) is 6.72. The van der Waals surface area contributed by atoms with Crippen molar-refractivity contribution in [1.82, 2.24) is 4.98 Å². The van der Waals surface area contributed by atoms with Gasteiger partial charge < -0.3 is 15.2 Å². The Labute approximate surface area is 119 Å². The number of hydrogen-bond acceptors (Lipinski definition) is 4. The smallest absolute Gasteiger partial charge is 0.246 e. The Bertz CT molecular complexity index is 567. The Kier molecular flexibility index (Phi) is 4.45. The number of ether oxygens (including phenoxy) is 2. The fourth-order valence-electron chi connectivity index (χ4n) is 1.84. The van der Waals surface area contributed by atoms with Gasteiger partial charge in [-0.3, -0.25) is 0 Å². The van der Waals surface area contributed by atoms with Gasteiger partial charge in [-0.2, -0.15) is 4.98 Å². The van der Waals surface area contributed by atoms with Crippen LogP contribution in [0.25, 0.3) is 0 Å². The lowest BCUT2D eigenvalue weighted by atomic mass is 9.99. The minimum absolute atomic E-state index is 0.362. The van der Waals surface area contributed by atoms with Gasteiger partial charge in [0.1, 0.15) is 5.75 Å². The van der Waals surface area contributed by atoms with Gasteiger partial charge in [0, 0.05) is 6.07 Å². The molecule has 1 unspecified atom stereocenters. The molecule has 2 N–H and O–H groups in total. The molecule has 1 heterocycles. The van der Waals surface area contributed by atoms with Crippen molar-refractivity contribution in [2.45, 2.75) is 26.2 Å². The van der Waals surface area contributed by atoms with Gasteiger partial charge in [-0.25, -0.2) is 0 Å². The lowest BCUT2D eigenvalue weighted by Gasteiger charge is -2.11. The van der Waals surface area contributed by atoms with Gasteiger partial charge in [0.05, 0.1) is 12.8 Å². The van der Waals surface area contributed by atoms with Gasteiger partial charge in [0.25, 0.3) is 0 Å². The molecule has 0 aliphatic carbocycles. The minimum atomic E-state index is 0.362. The average molecular weight is 272 g/mol. The van der Waals surface area contributed by atoms with Gasteiger partial charge >= 0.3 is 0 Å². The standard InChI is InChI=1S/C16H20N2O2/c1-4-11(2)12-5-7-13(8-6-12)20-16-14(17)9-10-15(18-16)19-3/h5-11H,4,17H2,1-3H3. The van der Waals surface area contributed by atoms with Crippen molar-refractivity contribution in [2.75, 3.05) is 12.8 Å².